The standard InChI is InChI=1S/C20H23FO4S/c1-6-8-14-20(15-9-7-2,18(22)25-19(3,4)5)26(23,24)17-12-10-16(21)11-13-17/h10-13H,6,15H2,1-5H3. The number of esters is 1. The lowest BCUT2D eigenvalue weighted by molar-refractivity contribution is -0.156. The monoisotopic (exact) mass is 378 g/mol. The Kier molecular flexibility index (Phi) is 7.00. The zero-order valence-corrected chi connectivity index (χ0v) is 16.5. The summed E-state index contributed by atoms with van der Waals surface area (Å²) in [5.74, 6) is 8.94. The maximum atomic E-state index is 13.3. The van der Waals surface area contributed by atoms with Crippen molar-refractivity contribution in [1.29, 1.82) is 0 Å². The molecule has 0 amide bonds. The molecule has 1 rings (SSSR count). The van der Waals surface area contributed by atoms with E-state index in [-0.39, 0.29) is 11.3 Å². The van der Waals surface area contributed by atoms with Crippen LogP contribution in [0.15, 0.2) is 29.2 Å². The average Bonchev–Trinajstić information content (AvgIpc) is 2.53. The number of halogens is 1. The summed E-state index contributed by atoms with van der Waals surface area (Å²) < 4.78 is 43.0. The van der Waals surface area contributed by atoms with E-state index in [1.807, 2.05) is 0 Å². The number of ether oxygens (including phenoxy) is 1. The second kappa shape index (κ2) is 8.38. The van der Waals surface area contributed by atoms with Gasteiger partial charge in [-0.1, -0.05) is 12.8 Å². The lowest BCUT2D eigenvalue weighted by Crippen LogP contribution is -2.48. The predicted octanol–water partition coefficient (Wildman–Crippen LogP) is 3.51. The van der Waals surface area contributed by atoms with Crippen molar-refractivity contribution in [3.05, 3.63) is 30.1 Å². The molecule has 26 heavy (non-hydrogen) atoms. The van der Waals surface area contributed by atoms with Crippen molar-refractivity contribution in [3.8, 4) is 23.7 Å². The third-order valence-electron chi connectivity index (χ3n) is 3.29. The van der Waals surface area contributed by atoms with Gasteiger partial charge in [-0.2, -0.15) is 0 Å². The van der Waals surface area contributed by atoms with Crippen molar-refractivity contribution in [2.24, 2.45) is 0 Å². The lowest BCUT2D eigenvalue weighted by Gasteiger charge is -2.29. The smallest absolute Gasteiger partial charge is 0.341 e. The topological polar surface area (TPSA) is 60.4 Å². The SMILES string of the molecule is CC#CCC(C#CCC)(C(=O)OC(C)(C)C)S(=O)(=O)c1ccc(F)cc1. The van der Waals surface area contributed by atoms with Gasteiger partial charge in [-0.05, 0) is 52.0 Å². The summed E-state index contributed by atoms with van der Waals surface area (Å²) in [4.78, 5) is 12.7. The van der Waals surface area contributed by atoms with Crippen molar-refractivity contribution in [1.82, 2.24) is 0 Å². The molecule has 0 spiro atoms. The summed E-state index contributed by atoms with van der Waals surface area (Å²) in [5, 5.41) is 0. The fourth-order valence-electron chi connectivity index (χ4n) is 2.06. The first kappa shape index (κ1) is 21.7. The second-order valence-electron chi connectivity index (χ2n) is 6.55. The maximum absolute atomic E-state index is 13.3. The van der Waals surface area contributed by atoms with Crippen LogP contribution in [0, 0.1) is 29.5 Å². The van der Waals surface area contributed by atoms with Gasteiger partial charge in [-0.15, -0.1) is 17.8 Å². The third-order valence-corrected chi connectivity index (χ3v) is 5.52. The van der Waals surface area contributed by atoms with E-state index >= 15 is 0 Å². The number of benzene rings is 1. The summed E-state index contributed by atoms with van der Waals surface area (Å²) in [6.45, 7) is 8.19. The van der Waals surface area contributed by atoms with Gasteiger partial charge in [-0.25, -0.2) is 17.6 Å². The number of rotatable bonds is 4. The number of carbonyl (C=O) groups is 1. The third kappa shape index (κ3) is 4.86. The Balaban J connectivity index is 3.71. The second-order valence-corrected chi connectivity index (χ2v) is 8.72. The molecule has 1 aromatic carbocycles. The van der Waals surface area contributed by atoms with Gasteiger partial charge in [-0.3, -0.25) is 0 Å². The van der Waals surface area contributed by atoms with Crippen molar-refractivity contribution in [2.75, 3.05) is 0 Å². The molecule has 0 heterocycles. The Bertz CT molecular complexity index is 872. The minimum atomic E-state index is -4.31. The van der Waals surface area contributed by atoms with Crippen LogP contribution in [0.5, 0.6) is 0 Å². The Morgan fingerprint density at radius 2 is 1.73 bits per heavy atom. The van der Waals surface area contributed by atoms with Gasteiger partial charge < -0.3 is 4.74 Å². The molecular formula is C20H23FO4S. The number of carbonyl (C=O) groups excluding carboxylic acids is 1. The van der Waals surface area contributed by atoms with E-state index in [4.69, 9.17) is 4.74 Å². The highest BCUT2D eigenvalue weighted by atomic mass is 32.2. The van der Waals surface area contributed by atoms with Crippen LogP contribution >= 0.6 is 0 Å². The minimum Gasteiger partial charge on any atom is -0.458 e. The van der Waals surface area contributed by atoms with Crippen molar-refractivity contribution in [2.45, 2.75) is 62.7 Å². The molecule has 0 aliphatic carbocycles. The number of hydrogen-bond acceptors (Lipinski definition) is 4. The van der Waals surface area contributed by atoms with Gasteiger partial charge >= 0.3 is 5.97 Å². The van der Waals surface area contributed by atoms with Crippen LogP contribution in [0.3, 0.4) is 0 Å². The lowest BCUT2D eigenvalue weighted by atomic mass is 10.0. The highest BCUT2D eigenvalue weighted by Crippen LogP contribution is 2.32. The van der Waals surface area contributed by atoms with E-state index < -0.39 is 32.0 Å². The van der Waals surface area contributed by atoms with Crippen LogP contribution in [0.2, 0.25) is 0 Å². The molecule has 140 valence electrons. The van der Waals surface area contributed by atoms with E-state index in [1.54, 1.807) is 27.7 Å². The highest BCUT2D eigenvalue weighted by molar-refractivity contribution is 7.94. The molecule has 6 heteroatoms. The van der Waals surface area contributed by atoms with Crippen LogP contribution in [0.4, 0.5) is 4.39 Å². The maximum Gasteiger partial charge on any atom is 0.341 e. The molecule has 0 N–H and O–H groups in total. The fraction of sp³-hybridized carbons (Fsp3) is 0.450. The summed E-state index contributed by atoms with van der Waals surface area (Å²) in [6, 6.07) is 4.25. The quantitative estimate of drug-likeness (QED) is 0.457. The van der Waals surface area contributed by atoms with Crippen molar-refractivity contribution >= 4 is 15.8 Å². The molecule has 1 aromatic rings. The number of hydrogen-bond donors (Lipinski definition) is 0. The van der Waals surface area contributed by atoms with Gasteiger partial charge in [0.15, 0.2) is 0 Å². The highest BCUT2D eigenvalue weighted by Gasteiger charge is 2.52. The molecule has 0 aromatic heterocycles. The largest absolute Gasteiger partial charge is 0.458 e. The fourth-order valence-corrected chi connectivity index (χ4v) is 3.69. The summed E-state index contributed by atoms with van der Waals surface area (Å²) in [6.07, 6.45) is 0.00810. The van der Waals surface area contributed by atoms with Crippen LogP contribution in [0.25, 0.3) is 0 Å². The van der Waals surface area contributed by atoms with E-state index in [2.05, 4.69) is 23.7 Å². The zero-order valence-electron chi connectivity index (χ0n) is 15.6. The molecule has 0 aliphatic rings. The first-order chi connectivity index (χ1) is 12.0. The van der Waals surface area contributed by atoms with Gasteiger partial charge in [0.1, 0.15) is 11.4 Å². The minimum absolute atomic E-state index is 0.215. The Hall–Kier alpha value is -2.31. The summed E-state index contributed by atoms with van der Waals surface area (Å²) in [5.41, 5.74) is -0.909. The Morgan fingerprint density at radius 3 is 2.19 bits per heavy atom. The molecule has 0 fully saturated rings. The molecule has 0 saturated heterocycles. The van der Waals surface area contributed by atoms with Crippen LogP contribution < -0.4 is 0 Å². The zero-order chi connectivity index (χ0) is 20.0. The van der Waals surface area contributed by atoms with Gasteiger partial charge in [0.2, 0.25) is 14.6 Å². The van der Waals surface area contributed by atoms with Crippen molar-refractivity contribution in [3.63, 3.8) is 0 Å². The van der Waals surface area contributed by atoms with E-state index in [1.165, 1.54) is 6.92 Å². The molecule has 4 nitrogen and oxygen atoms in total. The van der Waals surface area contributed by atoms with E-state index in [0.717, 1.165) is 24.3 Å². The van der Waals surface area contributed by atoms with E-state index in [0.29, 0.717) is 6.42 Å². The number of sulfone groups is 1. The van der Waals surface area contributed by atoms with Gasteiger partial charge in [0.25, 0.3) is 0 Å². The summed E-state index contributed by atoms with van der Waals surface area (Å²) in [7, 11) is -4.31. The Labute approximate surface area is 155 Å². The normalized spacial score (nSPS) is 13.5. The predicted molar refractivity (Wildman–Crippen MR) is 98.3 cm³/mol. The molecule has 0 saturated carbocycles. The average molecular weight is 378 g/mol. The first-order valence-corrected chi connectivity index (χ1v) is 9.62. The molecule has 0 bridgehead atoms. The van der Waals surface area contributed by atoms with Crippen LogP contribution in [-0.2, 0) is 19.4 Å². The van der Waals surface area contributed by atoms with Gasteiger partial charge in [0, 0.05) is 6.42 Å². The molecule has 0 radical (unpaired) electrons. The van der Waals surface area contributed by atoms with Crippen LogP contribution in [-0.4, -0.2) is 24.7 Å². The molecule has 0 aliphatic heterocycles. The van der Waals surface area contributed by atoms with Crippen molar-refractivity contribution < 1.29 is 22.3 Å². The summed E-state index contributed by atoms with van der Waals surface area (Å²) >= 11 is 0. The van der Waals surface area contributed by atoms with Gasteiger partial charge in [0.05, 0.1) is 11.3 Å². The molecular weight excluding hydrogens is 355 g/mol. The molecule has 1 unspecified atom stereocenters. The Morgan fingerprint density at radius 1 is 1.15 bits per heavy atom. The van der Waals surface area contributed by atoms with E-state index in [9.17, 15) is 17.6 Å². The molecule has 1 atom stereocenters. The first-order valence-electron chi connectivity index (χ1n) is 8.13. The van der Waals surface area contributed by atoms with Crippen LogP contribution in [0.1, 0.15) is 47.5 Å².